The highest BCUT2D eigenvalue weighted by Gasteiger charge is 2.31. The normalized spacial score (nSPS) is 11.7. The summed E-state index contributed by atoms with van der Waals surface area (Å²) in [7, 11) is 0. The zero-order valence-corrected chi connectivity index (χ0v) is 22.9. The minimum Gasteiger partial charge on any atom is -0.466 e. The quantitative estimate of drug-likeness (QED) is 0.264. The fourth-order valence-electron chi connectivity index (χ4n) is 3.62. The van der Waals surface area contributed by atoms with Gasteiger partial charge in [-0.05, 0) is 51.3 Å². The average Bonchev–Trinajstić information content (AvgIpc) is 2.83. The number of amides is 3. The first-order chi connectivity index (χ1) is 17.5. The summed E-state index contributed by atoms with van der Waals surface area (Å²) in [5.74, 6) is -1.26. The molecule has 0 bridgehead atoms. The van der Waals surface area contributed by atoms with Crippen LogP contribution < -0.4 is 10.6 Å². The molecule has 2 N–H and O–H groups in total. The van der Waals surface area contributed by atoms with Gasteiger partial charge >= 0.3 is 12.1 Å². The Hall–Kier alpha value is -3.36. The van der Waals surface area contributed by atoms with Crippen molar-refractivity contribution in [3.63, 3.8) is 0 Å². The van der Waals surface area contributed by atoms with Gasteiger partial charge in [0.2, 0.25) is 11.8 Å². The van der Waals surface area contributed by atoms with Gasteiger partial charge in [0.25, 0.3) is 0 Å². The first-order valence-electron chi connectivity index (χ1n) is 12.9. The molecule has 1 aromatic rings. The fraction of sp³-hybridized carbons (Fsp3) is 0.571. The van der Waals surface area contributed by atoms with E-state index in [1.54, 1.807) is 52.0 Å². The van der Waals surface area contributed by atoms with Crippen LogP contribution in [0.15, 0.2) is 30.8 Å². The van der Waals surface area contributed by atoms with Crippen molar-refractivity contribution >= 4 is 30.0 Å². The Labute approximate surface area is 221 Å². The lowest BCUT2D eigenvalue weighted by molar-refractivity contribution is -0.143. The third kappa shape index (κ3) is 12.4. The Kier molecular flexibility index (Phi) is 14.0. The van der Waals surface area contributed by atoms with E-state index in [4.69, 9.17) is 9.47 Å². The number of carbonyl (C=O) groups excluding carboxylic acids is 4. The number of rotatable bonds is 15. The summed E-state index contributed by atoms with van der Waals surface area (Å²) in [4.78, 5) is 52.2. The van der Waals surface area contributed by atoms with Crippen molar-refractivity contribution < 1.29 is 28.7 Å². The zero-order valence-electron chi connectivity index (χ0n) is 22.9. The largest absolute Gasteiger partial charge is 0.466 e. The van der Waals surface area contributed by atoms with Crippen molar-refractivity contribution in [2.45, 2.75) is 78.4 Å². The summed E-state index contributed by atoms with van der Waals surface area (Å²) < 4.78 is 10.2. The zero-order chi connectivity index (χ0) is 27.8. The van der Waals surface area contributed by atoms with Gasteiger partial charge in [0.1, 0.15) is 18.2 Å². The Balaban J connectivity index is 3.21. The number of unbranched alkanes of at least 4 members (excludes halogenated alkanes) is 3. The Bertz CT molecular complexity index is 909. The van der Waals surface area contributed by atoms with Crippen molar-refractivity contribution in [3.05, 3.63) is 42.0 Å². The topological polar surface area (TPSA) is 114 Å². The maximum atomic E-state index is 13.4. The summed E-state index contributed by atoms with van der Waals surface area (Å²) in [6.07, 6.45) is 4.58. The first-order valence-corrected chi connectivity index (χ1v) is 12.9. The van der Waals surface area contributed by atoms with E-state index >= 15 is 0 Å². The summed E-state index contributed by atoms with van der Waals surface area (Å²) in [5.41, 5.74) is 0.693. The van der Waals surface area contributed by atoms with Crippen LogP contribution in [0.25, 0.3) is 6.08 Å². The van der Waals surface area contributed by atoms with Gasteiger partial charge in [-0.3, -0.25) is 14.4 Å². The molecular formula is C28H43N3O6. The highest BCUT2D eigenvalue weighted by atomic mass is 16.6. The third-order valence-electron chi connectivity index (χ3n) is 5.31. The van der Waals surface area contributed by atoms with E-state index in [2.05, 4.69) is 24.1 Å². The van der Waals surface area contributed by atoms with Gasteiger partial charge in [-0.25, -0.2) is 4.79 Å². The van der Waals surface area contributed by atoms with E-state index < -0.39 is 35.5 Å². The number of alkyl carbamates (subject to hydrolysis) is 1. The molecule has 1 rings (SSSR count). The first kappa shape index (κ1) is 31.7. The maximum absolute atomic E-state index is 13.4. The monoisotopic (exact) mass is 517 g/mol. The number of nitrogens with zero attached hydrogens (tertiary/aromatic N) is 1. The second kappa shape index (κ2) is 16.4. The van der Waals surface area contributed by atoms with Gasteiger partial charge in [0.15, 0.2) is 0 Å². The van der Waals surface area contributed by atoms with Gasteiger partial charge in [-0.15, -0.1) is 0 Å². The summed E-state index contributed by atoms with van der Waals surface area (Å²) in [6.45, 7) is 13.1. The highest BCUT2D eigenvalue weighted by Crippen LogP contribution is 2.24. The molecule has 0 aliphatic carbocycles. The smallest absolute Gasteiger partial charge is 0.408 e. The molecule has 0 aromatic heterocycles. The van der Waals surface area contributed by atoms with Gasteiger partial charge in [-0.1, -0.05) is 57.0 Å². The predicted molar refractivity (Wildman–Crippen MR) is 144 cm³/mol. The Morgan fingerprint density at radius 1 is 1.08 bits per heavy atom. The van der Waals surface area contributed by atoms with E-state index in [0.29, 0.717) is 18.5 Å². The van der Waals surface area contributed by atoms with Crippen molar-refractivity contribution in [3.8, 4) is 0 Å². The molecule has 9 nitrogen and oxygen atoms in total. The second-order valence-corrected chi connectivity index (χ2v) is 9.63. The van der Waals surface area contributed by atoms with Crippen LogP contribution in [-0.4, -0.2) is 60.6 Å². The molecule has 0 heterocycles. The number of hydrogen-bond acceptors (Lipinski definition) is 6. The van der Waals surface area contributed by atoms with Gasteiger partial charge < -0.3 is 25.0 Å². The second-order valence-electron chi connectivity index (χ2n) is 9.63. The molecule has 0 aliphatic heterocycles. The SMILES string of the molecule is C=Cc1cccc(C(C(=O)NCCC(=O)OCC)N(CCCCCC)C(=O)CNC(=O)OC(C)(C)C)c1. The number of ether oxygens (including phenoxy) is 2. The van der Waals surface area contributed by atoms with E-state index in [1.807, 2.05) is 6.07 Å². The van der Waals surface area contributed by atoms with Crippen LogP contribution in [0.4, 0.5) is 4.79 Å². The maximum Gasteiger partial charge on any atom is 0.408 e. The minimum atomic E-state index is -0.961. The van der Waals surface area contributed by atoms with Crippen LogP contribution in [-0.2, 0) is 23.9 Å². The summed E-state index contributed by atoms with van der Waals surface area (Å²) in [5, 5.41) is 5.27. The van der Waals surface area contributed by atoms with Crippen molar-refractivity contribution in [2.75, 3.05) is 26.2 Å². The highest BCUT2D eigenvalue weighted by molar-refractivity contribution is 5.90. The van der Waals surface area contributed by atoms with Crippen LogP contribution in [0.5, 0.6) is 0 Å². The fourth-order valence-corrected chi connectivity index (χ4v) is 3.62. The number of hydrogen-bond donors (Lipinski definition) is 2. The summed E-state index contributed by atoms with van der Waals surface area (Å²) >= 11 is 0. The number of esters is 1. The lowest BCUT2D eigenvalue weighted by Gasteiger charge is -2.32. The van der Waals surface area contributed by atoms with E-state index in [0.717, 1.165) is 24.8 Å². The molecule has 9 heteroatoms. The van der Waals surface area contributed by atoms with Crippen LogP contribution in [0.3, 0.4) is 0 Å². The Morgan fingerprint density at radius 3 is 2.43 bits per heavy atom. The van der Waals surface area contributed by atoms with Crippen molar-refractivity contribution in [1.82, 2.24) is 15.5 Å². The molecule has 206 valence electrons. The van der Waals surface area contributed by atoms with Crippen LogP contribution in [0.2, 0.25) is 0 Å². The molecule has 3 amide bonds. The van der Waals surface area contributed by atoms with E-state index in [9.17, 15) is 19.2 Å². The predicted octanol–water partition coefficient (Wildman–Crippen LogP) is 4.37. The lowest BCUT2D eigenvalue weighted by Crippen LogP contribution is -2.48. The van der Waals surface area contributed by atoms with Crippen LogP contribution in [0.1, 0.15) is 83.9 Å². The minimum absolute atomic E-state index is 0.0175. The molecule has 1 unspecified atom stereocenters. The summed E-state index contributed by atoms with van der Waals surface area (Å²) in [6, 6.07) is 6.26. The molecule has 0 spiro atoms. The van der Waals surface area contributed by atoms with Crippen LogP contribution in [0, 0.1) is 0 Å². The van der Waals surface area contributed by atoms with E-state index in [1.165, 1.54) is 4.90 Å². The van der Waals surface area contributed by atoms with E-state index in [-0.39, 0.29) is 26.1 Å². The molecule has 1 aromatic carbocycles. The number of benzene rings is 1. The van der Waals surface area contributed by atoms with Gasteiger partial charge in [0.05, 0.1) is 13.0 Å². The molecule has 37 heavy (non-hydrogen) atoms. The van der Waals surface area contributed by atoms with Crippen molar-refractivity contribution in [2.24, 2.45) is 0 Å². The van der Waals surface area contributed by atoms with Gasteiger partial charge in [0, 0.05) is 13.1 Å². The number of carbonyl (C=O) groups is 4. The average molecular weight is 518 g/mol. The molecule has 0 saturated carbocycles. The van der Waals surface area contributed by atoms with Crippen molar-refractivity contribution in [1.29, 1.82) is 0 Å². The molecule has 0 radical (unpaired) electrons. The molecular weight excluding hydrogens is 474 g/mol. The molecule has 0 aliphatic rings. The molecule has 0 saturated heterocycles. The lowest BCUT2D eigenvalue weighted by atomic mass is 10.0. The standard InChI is InChI=1S/C28H43N3O6/c1-7-10-11-12-18-31(23(32)20-30-27(35)37-28(4,5)6)25(22-15-13-14-21(8-2)19-22)26(34)29-17-16-24(33)36-9-3/h8,13-15,19,25H,2,7,9-12,16-18,20H2,1,3-6H3,(H,29,34)(H,30,35). The molecule has 0 fully saturated rings. The van der Waals surface area contributed by atoms with Crippen LogP contribution >= 0.6 is 0 Å². The molecule has 1 atom stereocenters. The van der Waals surface area contributed by atoms with Gasteiger partial charge in [-0.2, -0.15) is 0 Å². The third-order valence-corrected chi connectivity index (χ3v) is 5.31. The Morgan fingerprint density at radius 2 is 1.81 bits per heavy atom. The number of nitrogens with one attached hydrogen (secondary N) is 2.